The van der Waals surface area contributed by atoms with Crippen molar-refractivity contribution in [1.29, 1.82) is 0 Å². The van der Waals surface area contributed by atoms with Crippen molar-refractivity contribution >= 4 is 15.7 Å². The van der Waals surface area contributed by atoms with E-state index in [0.29, 0.717) is 24.1 Å². The minimum Gasteiger partial charge on any atom is -0.404 e. The number of hydrogen-bond acceptors (Lipinski definition) is 6. The molecule has 25 heavy (non-hydrogen) atoms. The molecule has 1 fully saturated rings. The maximum atomic E-state index is 13.1. The predicted octanol–water partition coefficient (Wildman–Crippen LogP) is 1.33. The molecule has 132 valence electrons. The molecule has 1 aromatic rings. The number of benzene rings is 1. The van der Waals surface area contributed by atoms with Crippen molar-refractivity contribution in [3.05, 3.63) is 66.3 Å². The number of rotatable bonds is 5. The summed E-state index contributed by atoms with van der Waals surface area (Å²) in [5.41, 5.74) is 12.5. The highest BCUT2D eigenvalue weighted by Crippen LogP contribution is 2.51. The molecule has 1 saturated carbocycles. The van der Waals surface area contributed by atoms with Gasteiger partial charge in [-0.1, -0.05) is 12.7 Å². The van der Waals surface area contributed by atoms with E-state index in [1.165, 1.54) is 30.5 Å². The second-order valence-corrected chi connectivity index (χ2v) is 8.24. The molecule has 1 unspecified atom stereocenters. The van der Waals surface area contributed by atoms with Crippen LogP contribution in [0, 0.1) is 5.82 Å². The Morgan fingerprint density at radius 2 is 2.00 bits per heavy atom. The second kappa shape index (κ2) is 6.03. The summed E-state index contributed by atoms with van der Waals surface area (Å²) in [4.78, 5) is 4.30. The molecule has 2 aliphatic rings. The van der Waals surface area contributed by atoms with E-state index >= 15 is 0 Å². The quantitative estimate of drug-likeness (QED) is 0.541. The minimum absolute atomic E-state index is 0.0741. The summed E-state index contributed by atoms with van der Waals surface area (Å²) >= 11 is 0. The van der Waals surface area contributed by atoms with E-state index in [9.17, 15) is 12.8 Å². The maximum Gasteiger partial charge on any atom is 0.189 e. The van der Waals surface area contributed by atoms with Crippen molar-refractivity contribution < 1.29 is 12.8 Å². The summed E-state index contributed by atoms with van der Waals surface area (Å²) in [6.07, 6.45) is 4.71. The van der Waals surface area contributed by atoms with Gasteiger partial charge in [0.25, 0.3) is 0 Å². The van der Waals surface area contributed by atoms with E-state index < -0.39 is 26.6 Å². The van der Waals surface area contributed by atoms with Crippen LogP contribution in [-0.4, -0.2) is 25.2 Å². The van der Waals surface area contributed by atoms with Crippen LogP contribution < -0.4 is 16.8 Å². The van der Waals surface area contributed by atoms with Crippen LogP contribution in [0.2, 0.25) is 0 Å². The first-order valence-electron chi connectivity index (χ1n) is 7.70. The fourth-order valence-electron chi connectivity index (χ4n) is 2.88. The Morgan fingerprint density at radius 3 is 2.52 bits per heavy atom. The largest absolute Gasteiger partial charge is 0.404 e. The van der Waals surface area contributed by atoms with Crippen molar-refractivity contribution in [3.63, 3.8) is 0 Å². The van der Waals surface area contributed by atoms with Crippen molar-refractivity contribution in [1.82, 2.24) is 5.32 Å². The molecule has 0 aromatic heterocycles. The van der Waals surface area contributed by atoms with Gasteiger partial charge in [-0.2, -0.15) is 0 Å². The van der Waals surface area contributed by atoms with Crippen LogP contribution in [-0.2, 0) is 9.84 Å². The predicted molar refractivity (Wildman–Crippen MR) is 94.6 cm³/mol. The SMILES string of the molecule is C=C/C(=C\N)C1N=C(N)C=C(C2(S(=O)(=O)c3ccc(F)cc3)CC2)N1. The van der Waals surface area contributed by atoms with E-state index in [2.05, 4.69) is 16.9 Å². The summed E-state index contributed by atoms with van der Waals surface area (Å²) < 4.78 is 38.2. The molecule has 1 atom stereocenters. The molecular formula is C17H19FN4O2S. The second-order valence-electron chi connectivity index (χ2n) is 5.98. The molecule has 0 amide bonds. The van der Waals surface area contributed by atoms with Gasteiger partial charge in [0.05, 0.1) is 4.90 Å². The molecule has 5 N–H and O–H groups in total. The maximum absolute atomic E-state index is 13.1. The fourth-order valence-corrected chi connectivity index (χ4v) is 4.88. The highest BCUT2D eigenvalue weighted by Gasteiger charge is 2.58. The molecule has 1 heterocycles. The number of sulfone groups is 1. The number of nitrogens with zero attached hydrogens (tertiary/aromatic N) is 1. The number of hydrogen-bond donors (Lipinski definition) is 3. The van der Waals surface area contributed by atoms with Gasteiger partial charge in [-0.05, 0) is 37.1 Å². The van der Waals surface area contributed by atoms with E-state index in [0.717, 1.165) is 12.1 Å². The highest BCUT2D eigenvalue weighted by atomic mass is 32.2. The highest BCUT2D eigenvalue weighted by molar-refractivity contribution is 7.93. The topological polar surface area (TPSA) is 111 Å². The van der Waals surface area contributed by atoms with Crippen LogP contribution >= 0.6 is 0 Å². The average molecular weight is 362 g/mol. The van der Waals surface area contributed by atoms with Crippen molar-refractivity contribution in [3.8, 4) is 0 Å². The summed E-state index contributed by atoms with van der Waals surface area (Å²) in [6, 6.07) is 4.82. The smallest absolute Gasteiger partial charge is 0.189 e. The molecule has 0 spiro atoms. The number of nitrogens with one attached hydrogen (secondary N) is 1. The molecule has 0 radical (unpaired) electrons. The van der Waals surface area contributed by atoms with Crippen LogP contribution in [0.3, 0.4) is 0 Å². The van der Waals surface area contributed by atoms with E-state index in [1.807, 2.05) is 0 Å². The lowest BCUT2D eigenvalue weighted by molar-refractivity contribution is 0.570. The molecule has 0 saturated heterocycles. The summed E-state index contributed by atoms with van der Waals surface area (Å²) in [5, 5.41) is 3.10. The van der Waals surface area contributed by atoms with Crippen molar-refractivity contribution in [2.24, 2.45) is 16.5 Å². The molecule has 6 nitrogen and oxygen atoms in total. The Morgan fingerprint density at radius 1 is 1.36 bits per heavy atom. The third-order valence-electron chi connectivity index (χ3n) is 4.44. The normalized spacial score (nSPS) is 22.4. The lowest BCUT2D eigenvalue weighted by atomic mass is 10.1. The van der Waals surface area contributed by atoms with Gasteiger partial charge in [-0.3, -0.25) is 0 Å². The van der Waals surface area contributed by atoms with Gasteiger partial charge in [-0.15, -0.1) is 0 Å². The summed E-state index contributed by atoms with van der Waals surface area (Å²) in [7, 11) is -3.71. The lowest BCUT2D eigenvalue weighted by Gasteiger charge is -2.28. The zero-order chi connectivity index (χ0) is 18.2. The van der Waals surface area contributed by atoms with Crippen molar-refractivity contribution in [2.75, 3.05) is 0 Å². The van der Waals surface area contributed by atoms with Gasteiger partial charge in [0.2, 0.25) is 0 Å². The van der Waals surface area contributed by atoms with Gasteiger partial charge in [-0.25, -0.2) is 17.8 Å². The molecule has 1 aliphatic carbocycles. The van der Waals surface area contributed by atoms with Gasteiger partial charge >= 0.3 is 0 Å². The Kier molecular flexibility index (Phi) is 4.16. The van der Waals surface area contributed by atoms with Crippen LogP contribution in [0.5, 0.6) is 0 Å². The first-order valence-corrected chi connectivity index (χ1v) is 9.19. The zero-order valence-electron chi connectivity index (χ0n) is 13.4. The molecule has 0 bridgehead atoms. The number of aliphatic imine (C=N–C) groups is 1. The van der Waals surface area contributed by atoms with E-state index in [4.69, 9.17) is 11.5 Å². The fraction of sp³-hybridized carbons (Fsp3) is 0.235. The zero-order valence-corrected chi connectivity index (χ0v) is 14.3. The lowest BCUT2D eigenvalue weighted by Crippen LogP contribution is -2.43. The van der Waals surface area contributed by atoms with Gasteiger partial charge in [0.1, 0.15) is 22.6 Å². The first kappa shape index (κ1) is 17.2. The number of halogens is 1. The molecule has 3 rings (SSSR count). The van der Waals surface area contributed by atoms with Crippen LogP contribution in [0.25, 0.3) is 0 Å². The average Bonchev–Trinajstić information content (AvgIpc) is 3.38. The standard InChI is InChI=1S/C17H19FN4O2S/c1-2-11(10-19)16-21-14(9-15(20)22-16)17(7-8-17)25(23,24)13-5-3-12(18)4-6-13/h2-6,9-10,16,21H,1,7-8,19H2,(H2,20,22)/b11-10+. The number of nitrogens with two attached hydrogens (primary N) is 2. The van der Waals surface area contributed by atoms with Crippen molar-refractivity contribution in [2.45, 2.75) is 28.6 Å². The molecule has 1 aliphatic heterocycles. The van der Waals surface area contributed by atoms with E-state index in [-0.39, 0.29) is 10.7 Å². The minimum atomic E-state index is -3.71. The van der Waals surface area contributed by atoms with Gasteiger partial charge < -0.3 is 16.8 Å². The Balaban J connectivity index is 1.99. The van der Waals surface area contributed by atoms with Gasteiger partial charge in [0, 0.05) is 23.5 Å². The Hall–Kier alpha value is -2.61. The molecular weight excluding hydrogens is 343 g/mol. The van der Waals surface area contributed by atoms with Crippen LogP contribution in [0.1, 0.15) is 12.8 Å². The molecule has 8 heteroatoms. The van der Waals surface area contributed by atoms with Crippen LogP contribution in [0.4, 0.5) is 4.39 Å². The molecule has 1 aromatic carbocycles. The summed E-state index contributed by atoms with van der Waals surface area (Å²) in [5.74, 6) is -0.278. The number of amidine groups is 1. The first-order chi connectivity index (χ1) is 11.8. The Labute approximate surface area is 145 Å². The Bertz CT molecular complexity index is 897. The summed E-state index contributed by atoms with van der Waals surface area (Å²) in [6.45, 7) is 3.67. The monoisotopic (exact) mass is 362 g/mol. The van der Waals surface area contributed by atoms with Gasteiger partial charge in [0.15, 0.2) is 9.84 Å². The third-order valence-corrected chi connectivity index (χ3v) is 6.99. The van der Waals surface area contributed by atoms with E-state index in [1.54, 1.807) is 0 Å². The van der Waals surface area contributed by atoms with Crippen LogP contribution in [0.15, 0.2) is 70.4 Å². The third kappa shape index (κ3) is 2.82.